The average molecular weight is 288 g/mol. The molecule has 0 aliphatic carbocycles. The van der Waals surface area contributed by atoms with Gasteiger partial charge in [0.25, 0.3) is 0 Å². The minimum Gasteiger partial charge on any atom is -0.360 e. The summed E-state index contributed by atoms with van der Waals surface area (Å²) in [6.45, 7) is 2.10. The summed E-state index contributed by atoms with van der Waals surface area (Å²) in [4.78, 5) is 3.13. The van der Waals surface area contributed by atoms with Crippen LogP contribution in [-0.2, 0) is 0 Å². The largest absolute Gasteiger partial charge is 0.360 e. The molecule has 1 nitrogen and oxygen atoms in total. The van der Waals surface area contributed by atoms with Crippen molar-refractivity contribution in [1.82, 2.24) is 4.98 Å². The first-order valence-electron chi connectivity index (χ1n) is 6.71. The van der Waals surface area contributed by atoms with Crippen LogP contribution in [0.5, 0.6) is 0 Å². The Morgan fingerprint density at radius 2 is 2.00 bits per heavy atom. The van der Waals surface area contributed by atoms with Gasteiger partial charge in [-0.05, 0) is 47.9 Å². The first kappa shape index (κ1) is 13.2. The number of rotatable bonds is 3. The lowest BCUT2D eigenvalue weighted by atomic mass is 9.88. The third kappa shape index (κ3) is 2.32. The Bertz CT molecular complexity index is 748. The molecule has 3 heteroatoms. The fourth-order valence-corrected chi connectivity index (χ4v) is 3.03. The summed E-state index contributed by atoms with van der Waals surface area (Å²) in [7, 11) is 0. The van der Waals surface area contributed by atoms with E-state index in [1.54, 1.807) is 12.1 Å². The third-order valence-corrected chi connectivity index (χ3v) is 3.99. The molecule has 20 heavy (non-hydrogen) atoms. The first-order valence-corrected chi connectivity index (χ1v) is 7.09. The van der Waals surface area contributed by atoms with E-state index in [1.165, 1.54) is 6.07 Å². The maximum Gasteiger partial charge on any atom is 0.123 e. The molecule has 0 fully saturated rings. The summed E-state index contributed by atoms with van der Waals surface area (Å²) in [6.07, 6.45) is 2.78. The second-order valence-electron chi connectivity index (χ2n) is 4.96. The Morgan fingerprint density at radius 3 is 2.75 bits per heavy atom. The summed E-state index contributed by atoms with van der Waals surface area (Å²) in [6, 6.07) is 12.9. The van der Waals surface area contributed by atoms with E-state index in [1.807, 2.05) is 24.4 Å². The molecule has 1 N–H and O–H groups in total. The summed E-state index contributed by atoms with van der Waals surface area (Å²) in [5.41, 5.74) is 3.05. The quantitative estimate of drug-likeness (QED) is 0.654. The van der Waals surface area contributed by atoms with Crippen molar-refractivity contribution in [3.8, 4) is 0 Å². The lowest BCUT2D eigenvalue weighted by Crippen LogP contribution is -2.00. The van der Waals surface area contributed by atoms with Crippen LogP contribution in [0.4, 0.5) is 4.39 Å². The van der Waals surface area contributed by atoms with Crippen molar-refractivity contribution < 1.29 is 4.39 Å². The third-order valence-electron chi connectivity index (χ3n) is 3.70. The average Bonchev–Trinajstić information content (AvgIpc) is 2.88. The van der Waals surface area contributed by atoms with Gasteiger partial charge in [0, 0.05) is 17.5 Å². The van der Waals surface area contributed by atoms with E-state index in [2.05, 4.69) is 18.0 Å². The van der Waals surface area contributed by atoms with E-state index in [0.717, 1.165) is 28.5 Å². The number of aromatic amines is 1. The highest BCUT2D eigenvalue weighted by atomic mass is 35.5. The highest BCUT2D eigenvalue weighted by Crippen LogP contribution is 2.33. The monoisotopic (exact) mass is 287 g/mol. The van der Waals surface area contributed by atoms with Crippen molar-refractivity contribution in [2.75, 3.05) is 0 Å². The number of hydrogen-bond donors (Lipinski definition) is 1. The second-order valence-corrected chi connectivity index (χ2v) is 5.37. The smallest absolute Gasteiger partial charge is 0.123 e. The molecule has 0 saturated carbocycles. The van der Waals surface area contributed by atoms with E-state index in [4.69, 9.17) is 11.6 Å². The number of nitrogens with one attached hydrogen (secondary N) is 1. The van der Waals surface area contributed by atoms with E-state index >= 15 is 0 Å². The predicted molar refractivity (Wildman–Crippen MR) is 81.8 cm³/mol. The van der Waals surface area contributed by atoms with Gasteiger partial charge < -0.3 is 4.98 Å². The van der Waals surface area contributed by atoms with Gasteiger partial charge in [-0.25, -0.2) is 4.39 Å². The zero-order valence-corrected chi connectivity index (χ0v) is 11.9. The lowest BCUT2D eigenvalue weighted by molar-refractivity contribution is 0.622. The zero-order chi connectivity index (χ0) is 14.1. The minimum atomic E-state index is -0.199. The molecular weight excluding hydrogens is 273 g/mol. The molecule has 0 aliphatic rings. The van der Waals surface area contributed by atoms with Gasteiger partial charge in [0.1, 0.15) is 5.82 Å². The Morgan fingerprint density at radius 1 is 1.15 bits per heavy atom. The van der Waals surface area contributed by atoms with Crippen LogP contribution in [0, 0.1) is 5.82 Å². The molecule has 0 bridgehead atoms. The fourth-order valence-electron chi connectivity index (χ4n) is 2.74. The van der Waals surface area contributed by atoms with Gasteiger partial charge in [0.15, 0.2) is 0 Å². The molecule has 0 saturated heterocycles. The van der Waals surface area contributed by atoms with Gasteiger partial charge in [-0.2, -0.15) is 0 Å². The van der Waals surface area contributed by atoms with Crippen LogP contribution < -0.4 is 0 Å². The van der Waals surface area contributed by atoms with Gasteiger partial charge in [-0.15, -0.1) is 0 Å². The summed E-state index contributed by atoms with van der Waals surface area (Å²) >= 11 is 6.32. The second kappa shape index (κ2) is 5.29. The predicted octanol–water partition coefficient (Wildman–Crippen LogP) is 5.50. The number of halogens is 2. The molecule has 0 radical (unpaired) electrons. The maximum absolute atomic E-state index is 13.4. The van der Waals surface area contributed by atoms with E-state index in [-0.39, 0.29) is 11.7 Å². The SMILES string of the molecule is CCC(c1cccc(F)c1)c1cc(Cl)c2[nH]ccc2c1. The molecule has 3 aromatic rings. The van der Waals surface area contributed by atoms with Crippen molar-refractivity contribution in [1.29, 1.82) is 0 Å². The number of fused-ring (bicyclic) bond motifs is 1. The number of benzene rings is 2. The first-order chi connectivity index (χ1) is 9.69. The minimum absolute atomic E-state index is 0.155. The molecule has 2 aromatic carbocycles. The molecule has 102 valence electrons. The van der Waals surface area contributed by atoms with Gasteiger partial charge in [-0.3, -0.25) is 0 Å². The van der Waals surface area contributed by atoms with Crippen LogP contribution in [0.25, 0.3) is 10.9 Å². The van der Waals surface area contributed by atoms with E-state index < -0.39 is 0 Å². The molecule has 0 spiro atoms. The van der Waals surface area contributed by atoms with Crippen molar-refractivity contribution in [3.05, 3.63) is 70.6 Å². The molecule has 1 unspecified atom stereocenters. The van der Waals surface area contributed by atoms with Crippen LogP contribution in [-0.4, -0.2) is 4.98 Å². The molecule has 0 aliphatic heterocycles. The standard InChI is InChI=1S/C17H15ClFN/c1-2-15(11-4-3-5-14(19)9-11)13-8-12-6-7-20-17(12)16(18)10-13/h3-10,15,20H,2H2,1H3. The van der Waals surface area contributed by atoms with E-state index in [0.29, 0.717) is 5.02 Å². The molecule has 3 rings (SSSR count). The topological polar surface area (TPSA) is 15.8 Å². The summed E-state index contributed by atoms with van der Waals surface area (Å²) in [5, 5.41) is 1.79. The van der Waals surface area contributed by atoms with Crippen molar-refractivity contribution in [2.24, 2.45) is 0 Å². The molecule has 1 aromatic heterocycles. The number of H-pyrrole nitrogens is 1. The Balaban J connectivity index is 2.11. The molecular formula is C17H15ClFN. The van der Waals surface area contributed by atoms with Crippen LogP contribution in [0.15, 0.2) is 48.7 Å². The van der Waals surface area contributed by atoms with Crippen molar-refractivity contribution >= 4 is 22.5 Å². The Kier molecular flexibility index (Phi) is 3.49. The zero-order valence-electron chi connectivity index (χ0n) is 11.2. The Hall–Kier alpha value is -1.80. The maximum atomic E-state index is 13.4. The Labute approximate surface area is 122 Å². The van der Waals surface area contributed by atoms with Gasteiger partial charge in [-0.1, -0.05) is 30.7 Å². The van der Waals surface area contributed by atoms with Crippen LogP contribution in [0.1, 0.15) is 30.4 Å². The lowest BCUT2D eigenvalue weighted by Gasteiger charge is -2.17. The van der Waals surface area contributed by atoms with Gasteiger partial charge in [0.05, 0.1) is 10.5 Å². The van der Waals surface area contributed by atoms with Crippen LogP contribution >= 0.6 is 11.6 Å². The van der Waals surface area contributed by atoms with Crippen LogP contribution in [0.3, 0.4) is 0 Å². The number of aromatic nitrogens is 1. The van der Waals surface area contributed by atoms with Crippen LogP contribution in [0.2, 0.25) is 5.02 Å². The molecule has 1 atom stereocenters. The van der Waals surface area contributed by atoms with Crippen molar-refractivity contribution in [2.45, 2.75) is 19.3 Å². The van der Waals surface area contributed by atoms with Crippen molar-refractivity contribution in [3.63, 3.8) is 0 Å². The summed E-state index contributed by atoms with van der Waals surface area (Å²) < 4.78 is 13.4. The molecule has 0 amide bonds. The number of hydrogen-bond acceptors (Lipinski definition) is 0. The van der Waals surface area contributed by atoms with Gasteiger partial charge >= 0.3 is 0 Å². The molecule has 1 heterocycles. The van der Waals surface area contributed by atoms with E-state index in [9.17, 15) is 4.39 Å². The fraction of sp³-hybridized carbons (Fsp3) is 0.176. The highest BCUT2D eigenvalue weighted by molar-refractivity contribution is 6.35. The van der Waals surface area contributed by atoms with Gasteiger partial charge in [0.2, 0.25) is 0 Å². The highest BCUT2D eigenvalue weighted by Gasteiger charge is 2.15. The normalized spacial score (nSPS) is 12.8. The summed E-state index contributed by atoms with van der Waals surface area (Å²) in [5.74, 6) is -0.0442.